The molecular weight excluding hydrogens is 420 g/mol. The van der Waals surface area contributed by atoms with E-state index in [-0.39, 0.29) is 17.0 Å². The lowest BCUT2D eigenvalue weighted by molar-refractivity contribution is 0.392. The molecule has 0 aliphatic carbocycles. The summed E-state index contributed by atoms with van der Waals surface area (Å²) in [6.07, 6.45) is 34.0. The summed E-state index contributed by atoms with van der Waals surface area (Å²) in [6, 6.07) is 0. The average Bonchev–Trinajstić information content (AvgIpc) is 2.75. The summed E-state index contributed by atoms with van der Waals surface area (Å²) in [5.74, 6) is 0. The van der Waals surface area contributed by atoms with Crippen LogP contribution in [0.2, 0.25) is 0 Å². The second-order valence-electron chi connectivity index (χ2n) is 8.06. The topological polar surface area (TPSA) is 6.48 Å². The number of allylic oxidation sites excluding steroid dienone is 4. The molecule has 0 amide bonds. The fraction of sp³-hybridized carbons (Fsp3) is 0.692. The van der Waals surface area contributed by atoms with Crippen molar-refractivity contribution in [3.63, 3.8) is 0 Å². The molecule has 0 bridgehead atoms. The maximum atomic E-state index is 2.39. The van der Waals surface area contributed by atoms with Crippen molar-refractivity contribution in [1.29, 1.82) is 0 Å². The smallest absolute Gasteiger partial charge is 0.0357 e. The van der Waals surface area contributed by atoms with E-state index >= 15 is 0 Å². The summed E-state index contributed by atoms with van der Waals surface area (Å²) in [5.41, 5.74) is 0. The highest BCUT2D eigenvalue weighted by Gasteiger charge is 1.99. The largest absolute Gasteiger partial charge is 0.374 e. The maximum Gasteiger partial charge on any atom is 0.0357 e. The number of halogens is 1. The Morgan fingerprint density at radius 1 is 0.517 bits per heavy atom. The van der Waals surface area contributed by atoms with Crippen molar-refractivity contribution < 1.29 is 0 Å². The molecule has 0 radical (unpaired) electrons. The molecule has 3 heteroatoms. The van der Waals surface area contributed by atoms with Crippen LogP contribution in [0.5, 0.6) is 0 Å². The first-order valence-corrected chi connectivity index (χ1v) is 12.0. The molecule has 0 saturated carbocycles. The van der Waals surface area contributed by atoms with Crippen LogP contribution in [-0.4, -0.2) is 36.0 Å². The van der Waals surface area contributed by atoms with Crippen LogP contribution < -0.4 is 0 Å². The Morgan fingerprint density at radius 3 is 1.24 bits per heavy atom. The molecule has 0 unspecified atom stereocenters. The number of hydrogen-bond donors (Lipinski definition) is 0. The van der Waals surface area contributed by atoms with E-state index in [0.29, 0.717) is 0 Å². The molecule has 0 aromatic rings. The van der Waals surface area contributed by atoms with Crippen LogP contribution in [0.1, 0.15) is 90.9 Å². The van der Waals surface area contributed by atoms with Crippen molar-refractivity contribution in [2.24, 2.45) is 0 Å². The molecule has 0 saturated heterocycles. The Hall–Kier alpha value is -0.960. The highest BCUT2D eigenvalue weighted by molar-refractivity contribution is 8.93. The van der Waals surface area contributed by atoms with Gasteiger partial charge in [0, 0.05) is 26.2 Å². The predicted molar refractivity (Wildman–Crippen MR) is 137 cm³/mol. The summed E-state index contributed by atoms with van der Waals surface area (Å²) in [5, 5.41) is 0. The van der Waals surface area contributed by atoms with Crippen LogP contribution in [-0.2, 0) is 0 Å². The van der Waals surface area contributed by atoms with Crippen molar-refractivity contribution in [3.05, 3.63) is 48.9 Å². The minimum Gasteiger partial charge on any atom is -0.374 e. The monoisotopic (exact) mass is 466 g/mol. The third-order valence-electron chi connectivity index (χ3n) is 5.37. The molecule has 0 N–H and O–H groups in total. The highest BCUT2D eigenvalue weighted by Crippen LogP contribution is 2.08. The van der Waals surface area contributed by atoms with Crippen LogP contribution in [0, 0.1) is 0 Å². The van der Waals surface area contributed by atoms with Gasteiger partial charge in [0.15, 0.2) is 0 Å². The van der Waals surface area contributed by atoms with Gasteiger partial charge in [-0.05, 0) is 37.4 Å². The number of rotatable bonds is 14. The molecular formula is C26H47BrN2. The molecule has 2 heterocycles. The molecule has 29 heavy (non-hydrogen) atoms. The molecule has 0 fully saturated rings. The Kier molecular flexibility index (Phi) is 21.0. The first-order valence-electron chi connectivity index (χ1n) is 12.0. The van der Waals surface area contributed by atoms with Gasteiger partial charge in [-0.15, -0.1) is 17.0 Å². The van der Waals surface area contributed by atoms with Crippen molar-refractivity contribution in [2.75, 3.05) is 26.2 Å². The van der Waals surface area contributed by atoms with E-state index in [4.69, 9.17) is 0 Å². The first-order chi connectivity index (χ1) is 13.9. The van der Waals surface area contributed by atoms with Gasteiger partial charge in [-0.3, -0.25) is 0 Å². The van der Waals surface area contributed by atoms with Crippen LogP contribution in [0.4, 0.5) is 0 Å². The second kappa shape index (κ2) is 21.7. The van der Waals surface area contributed by atoms with Crippen molar-refractivity contribution >= 4 is 17.0 Å². The van der Waals surface area contributed by atoms with Gasteiger partial charge >= 0.3 is 0 Å². The van der Waals surface area contributed by atoms with Gasteiger partial charge in [0.2, 0.25) is 0 Å². The van der Waals surface area contributed by atoms with E-state index in [2.05, 4.69) is 72.5 Å². The normalized spacial score (nSPS) is 14.6. The lowest BCUT2D eigenvalue weighted by Crippen LogP contribution is -2.19. The number of hydrogen-bond acceptors (Lipinski definition) is 2. The lowest BCUT2D eigenvalue weighted by Gasteiger charge is -2.20. The Bertz CT molecular complexity index is 412. The summed E-state index contributed by atoms with van der Waals surface area (Å²) >= 11 is 0. The van der Waals surface area contributed by atoms with Gasteiger partial charge in [0.05, 0.1) is 0 Å². The quantitative estimate of drug-likeness (QED) is 0.239. The standard InChI is InChI=1S/2C13H23N.BrH/c2*1-2-3-4-5-6-8-11-14-12-9-7-10-13-14;/h2*7,9-10,12H,2-6,8,11,13H2,1H3;1H. The SMILES string of the molecule is Br.CCCCCCCCN1C=CC=CC1.CCCCCCCCN1C=CC=CC1. The van der Waals surface area contributed by atoms with E-state index in [1.165, 1.54) is 90.1 Å². The zero-order valence-corrected chi connectivity index (χ0v) is 20.9. The maximum absolute atomic E-state index is 2.39. The molecule has 2 rings (SSSR count). The van der Waals surface area contributed by atoms with Crippen LogP contribution >= 0.6 is 17.0 Å². The molecule has 2 aliphatic rings. The van der Waals surface area contributed by atoms with E-state index < -0.39 is 0 Å². The number of nitrogens with zero attached hydrogens (tertiary/aromatic N) is 2. The molecule has 0 aromatic carbocycles. The lowest BCUT2D eigenvalue weighted by atomic mass is 10.1. The van der Waals surface area contributed by atoms with Crippen LogP contribution in [0.15, 0.2) is 48.9 Å². The molecule has 0 atom stereocenters. The molecule has 2 nitrogen and oxygen atoms in total. The summed E-state index contributed by atoms with van der Waals surface area (Å²) in [4.78, 5) is 4.78. The van der Waals surface area contributed by atoms with Crippen molar-refractivity contribution in [1.82, 2.24) is 9.80 Å². The average molecular weight is 468 g/mol. The van der Waals surface area contributed by atoms with E-state index in [9.17, 15) is 0 Å². The Balaban J connectivity index is 0.000000523. The van der Waals surface area contributed by atoms with E-state index in [0.717, 1.165) is 13.1 Å². The minimum absolute atomic E-state index is 0. The van der Waals surface area contributed by atoms with Gasteiger partial charge in [-0.25, -0.2) is 0 Å². The summed E-state index contributed by atoms with van der Waals surface area (Å²) < 4.78 is 0. The van der Waals surface area contributed by atoms with Gasteiger partial charge in [-0.2, -0.15) is 0 Å². The highest BCUT2D eigenvalue weighted by atomic mass is 79.9. The predicted octanol–water partition coefficient (Wildman–Crippen LogP) is 8.04. The Morgan fingerprint density at radius 2 is 0.897 bits per heavy atom. The zero-order valence-electron chi connectivity index (χ0n) is 19.2. The molecule has 0 aromatic heterocycles. The van der Waals surface area contributed by atoms with E-state index in [1.807, 2.05) is 0 Å². The number of unbranched alkanes of at least 4 members (excludes halogenated alkanes) is 10. The van der Waals surface area contributed by atoms with Crippen molar-refractivity contribution in [3.8, 4) is 0 Å². The molecule has 2 aliphatic heterocycles. The van der Waals surface area contributed by atoms with E-state index in [1.54, 1.807) is 0 Å². The van der Waals surface area contributed by atoms with Gasteiger partial charge in [0.1, 0.15) is 0 Å². The third kappa shape index (κ3) is 17.6. The molecule has 168 valence electrons. The first kappa shape index (κ1) is 28.0. The van der Waals surface area contributed by atoms with Gasteiger partial charge in [0.25, 0.3) is 0 Å². The van der Waals surface area contributed by atoms with Crippen LogP contribution in [0.3, 0.4) is 0 Å². The fourth-order valence-corrected chi connectivity index (χ4v) is 3.54. The molecule has 0 spiro atoms. The Labute approximate surface area is 192 Å². The minimum atomic E-state index is 0. The zero-order chi connectivity index (χ0) is 20.1. The summed E-state index contributed by atoms with van der Waals surface area (Å²) in [7, 11) is 0. The fourth-order valence-electron chi connectivity index (χ4n) is 3.54. The van der Waals surface area contributed by atoms with Crippen LogP contribution in [0.25, 0.3) is 0 Å². The van der Waals surface area contributed by atoms with Gasteiger partial charge < -0.3 is 9.80 Å². The summed E-state index contributed by atoms with van der Waals surface area (Å²) in [6.45, 7) is 9.20. The second-order valence-corrected chi connectivity index (χ2v) is 8.06. The van der Waals surface area contributed by atoms with Crippen molar-refractivity contribution in [2.45, 2.75) is 90.9 Å². The van der Waals surface area contributed by atoms with Gasteiger partial charge in [-0.1, -0.05) is 102 Å². The third-order valence-corrected chi connectivity index (χ3v) is 5.37.